The van der Waals surface area contributed by atoms with Crippen LogP contribution in [0.3, 0.4) is 0 Å². The van der Waals surface area contributed by atoms with E-state index in [9.17, 15) is 9.59 Å². The smallest absolute Gasteiger partial charge is 0.319 e. The summed E-state index contributed by atoms with van der Waals surface area (Å²) in [5, 5.41) is 12.9. The van der Waals surface area contributed by atoms with Gasteiger partial charge in [-0.2, -0.15) is 5.10 Å². The van der Waals surface area contributed by atoms with Gasteiger partial charge in [0.05, 0.1) is 18.5 Å². The van der Waals surface area contributed by atoms with Crippen molar-refractivity contribution in [2.75, 3.05) is 10.6 Å². The van der Waals surface area contributed by atoms with Gasteiger partial charge in [0.1, 0.15) is 0 Å². The Morgan fingerprint density at radius 1 is 0.909 bits per heavy atom. The Hall–Kier alpha value is -4.33. The first-order chi connectivity index (χ1) is 16.0. The molecule has 0 saturated heterocycles. The highest BCUT2D eigenvalue weighted by molar-refractivity contribution is 6.02. The van der Waals surface area contributed by atoms with Gasteiger partial charge in [0, 0.05) is 23.6 Å². The SMILES string of the molecule is Cc1cc(C)n(Cc2cccc(NC(=O)NCc3ccc(NC(=O)c4ccco4)cc3)c2)n1. The molecule has 168 valence electrons. The van der Waals surface area contributed by atoms with E-state index in [1.54, 1.807) is 24.3 Å². The number of amides is 3. The van der Waals surface area contributed by atoms with E-state index in [1.165, 1.54) is 6.26 Å². The van der Waals surface area contributed by atoms with Crippen molar-refractivity contribution in [1.29, 1.82) is 0 Å². The van der Waals surface area contributed by atoms with Gasteiger partial charge in [0.25, 0.3) is 5.91 Å². The molecule has 2 aromatic heterocycles. The number of rotatable bonds is 7. The second-order valence-corrected chi connectivity index (χ2v) is 7.72. The maximum atomic E-state index is 12.3. The standard InChI is InChI=1S/C25H25N5O3/c1-17-13-18(2)30(29-17)16-20-5-3-6-22(14-20)28-25(32)26-15-19-8-10-21(11-9-19)27-24(31)23-7-4-12-33-23/h3-14H,15-16H2,1-2H3,(H,27,31)(H2,26,28,32). The molecular formula is C25H25N5O3. The van der Waals surface area contributed by atoms with Gasteiger partial charge in [0.15, 0.2) is 5.76 Å². The number of carbonyl (C=O) groups is 2. The maximum absolute atomic E-state index is 12.3. The molecule has 0 aliphatic carbocycles. The van der Waals surface area contributed by atoms with Gasteiger partial charge in [-0.15, -0.1) is 0 Å². The summed E-state index contributed by atoms with van der Waals surface area (Å²) in [6, 6.07) is 19.9. The molecule has 0 saturated carbocycles. The van der Waals surface area contributed by atoms with Crippen molar-refractivity contribution in [3.8, 4) is 0 Å². The van der Waals surface area contributed by atoms with Crippen LogP contribution in [0.4, 0.5) is 16.2 Å². The summed E-state index contributed by atoms with van der Waals surface area (Å²) in [5.41, 5.74) is 5.38. The predicted octanol–water partition coefficient (Wildman–Crippen LogP) is 4.72. The lowest BCUT2D eigenvalue weighted by molar-refractivity contribution is 0.0996. The highest BCUT2D eigenvalue weighted by Crippen LogP contribution is 2.14. The van der Waals surface area contributed by atoms with Crippen LogP contribution in [0, 0.1) is 13.8 Å². The predicted molar refractivity (Wildman–Crippen MR) is 126 cm³/mol. The number of hydrogen-bond donors (Lipinski definition) is 3. The zero-order chi connectivity index (χ0) is 23.2. The number of aryl methyl sites for hydroxylation is 2. The number of benzene rings is 2. The molecule has 0 aliphatic heterocycles. The van der Waals surface area contributed by atoms with Crippen molar-refractivity contribution in [2.45, 2.75) is 26.9 Å². The molecule has 0 radical (unpaired) electrons. The lowest BCUT2D eigenvalue weighted by Crippen LogP contribution is -2.28. The van der Waals surface area contributed by atoms with E-state index in [2.05, 4.69) is 21.0 Å². The lowest BCUT2D eigenvalue weighted by Gasteiger charge is -2.10. The van der Waals surface area contributed by atoms with Crippen molar-refractivity contribution in [3.05, 3.63) is 101 Å². The van der Waals surface area contributed by atoms with Gasteiger partial charge in [-0.05, 0) is 67.4 Å². The van der Waals surface area contributed by atoms with Gasteiger partial charge >= 0.3 is 6.03 Å². The van der Waals surface area contributed by atoms with E-state index in [0.717, 1.165) is 22.5 Å². The van der Waals surface area contributed by atoms with Crippen LogP contribution in [-0.2, 0) is 13.1 Å². The fraction of sp³-hybridized carbons (Fsp3) is 0.160. The Kier molecular flexibility index (Phi) is 6.54. The van der Waals surface area contributed by atoms with Crippen LogP contribution in [-0.4, -0.2) is 21.7 Å². The number of nitrogens with one attached hydrogen (secondary N) is 3. The molecule has 0 fully saturated rings. The van der Waals surface area contributed by atoms with Crippen LogP contribution >= 0.6 is 0 Å². The van der Waals surface area contributed by atoms with Crippen LogP contribution in [0.2, 0.25) is 0 Å². The third-order valence-corrected chi connectivity index (χ3v) is 5.03. The minimum Gasteiger partial charge on any atom is -0.459 e. The van der Waals surface area contributed by atoms with E-state index in [4.69, 9.17) is 4.42 Å². The molecule has 0 aliphatic rings. The molecule has 3 N–H and O–H groups in total. The van der Waals surface area contributed by atoms with Crippen LogP contribution in [0.15, 0.2) is 77.4 Å². The maximum Gasteiger partial charge on any atom is 0.319 e. The molecule has 8 nitrogen and oxygen atoms in total. The van der Waals surface area contributed by atoms with Crippen molar-refractivity contribution in [1.82, 2.24) is 15.1 Å². The summed E-state index contributed by atoms with van der Waals surface area (Å²) in [4.78, 5) is 24.4. The van der Waals surface area contributed by atoms with Crippen LogP contribution in [0.5, 0.6) is 0 Å². The molecular weight excluding hydrogens is 418 g/mol. The second kappa shape index (κ2) is 9.86. The molecule has 4 aromatic rings. The van der Waals surface area contributed by atoms with Crippen LogP contribution in [0.25, 0.3) is 0 Å². The summed E-state index contributed by atoms with van der Waals surface area (Å²) in [5.74, 6) is -0.0679. The largest absolute Gasteiger partial charge is 0.459 e. The summed E-state index contributed by atoms with van der Waals surface area (Å²) in [7, 11) is 0. The molecule has 0 atom stereocenters. The molecule has 8 heteroatoms. The van der Waals surface area contributed by atoms with Crippen molar-refractivity contribution < 1.29 is 14.0 Å². The first kappa shape index (κ1) is 21.9. The van der Waals surface area contributed by atoms with Gasteiger partial charge in [-0.3, -0.25) is 9.48 Å². The molecule has 4 rings (SSSR count). The van der Waals surface area contributed by atoms with E-state index in [1.807, 2.05) is 61.0 Å². The number of nitrogens with zero attached hydrogens (tertiary/aromatic N) is 2. The Balaban J connectivity index is 1.28. The molecule has 3 amide bonds. The molecule has 0 bridgehead atoms. The number of carbonyl (C=O) groups excluding carboxylic acids is 2. The van der Waals surface area contributed by atoms with E-state index >= 15 is 0 Å². The zero-order valence-electron chi connectivity index (χ0n) is 18.5. The number of hydrogen-bond acceptors (Lipinski definition) is 4. The normalized spacial score (nSPS) is 10.6. The van der Waals surface area contributed by atoms with Gasteiger partial charge in [-0.25, -0.2) is 4.79 Å². The average Bonchev–Trinajstić information content (AvgIpc) is 3.43. The van der Waals surface area contributed by atoms with E-state index < -0.39 is 0 Å². The average molecular weight is 444 g/mol. The quantitative estimate of drug-likeness (QED) is 0.385. The van der Waals surface area contributed by atoms with Crippen molar-refractivity contribution >= 4 is 23.3 Å². The first-order valence-electron chi connectivity index (χ1n) is 10.5. The Bertz CT molecular complexity index is 1240. The minimum absolute atomic E-state index is 0.247. The number of furan rings is 1. The van der Waals surface area contributed by atoms with Crippen LogP contribution < -0.4 is 16.0 Å². The topological polar surface area (TPSA) is 101 Å². The number of aromatic nitrogens is 2. The van der Waals surface area contributed by atoms with E-state index in [-0.39, 0.29) is 17.7 Å². The minimum atomic E-state index is -0.315. The lowest BCUT2D eigenvalue weighted by atomic mass is 10.2. The molecule has 0 unspecified atom stereocenters. The fourth-order valence-electron chi connectivity index (χ4n) is 3.42. The zero-order valence-corrected chi connectivity index (χ0v) is 18.5. The number of anilines is 2. The van der Waals surface area contributed by atoms with Crippen LogP contribution in [0.1, 0.15) is 33.1 Å². The van der Waals surface area contributed by atoms with Crippen molar-refractivity contribution in [2.24, 2.45) is 0 Å². The fourth-order valence-corrected chi connectivity index (χ4v) is 3.42. The summed E-state index contributed by atoms with van der Waals surface area (Å²) < 4.78 is 7.02. The highest BCUT2D eigenvalue weighted by Gasteiger charge is 2.09. The van der Waals surface area contributed by atoms with E-state index in [0.29, 0.717) is 24.5 Å². The Labute approximate surface area is 191 Å². The summed E-state index contributed by atoms with van der Waals surface area (Å²) in [6.07, 6.45) is 1.45. The van der Waals surface area contributed by atoms with Gasteiger partial charge in [-0.1, -0.05) is 24.3 Å². The third kappa shape index (κ3) is 5.88. The van der Waals surface area contributed by atoms with Gasteiger partial charge in [0.2, 0.25) is 0 Å². The monoisotopic (exact) mass is 443 g/mol. The summed E-state index contributed by atoms with van der Waals surface area (Å²) in [6.45, 7) is 4.98. The number of urea groups is 1. The second-order valence-electron chi connectivity index (χ2n) is 7.72. The van der Waals surface area contributed by atoms with Crippen molar-refractivity contribution in [3.63, 3.8) is 0 Å². The Morgan fingerprint density at radius 2 is 1.73 bits per heavy atom. The first-order valence-corrected chi connectivity index (χ1v) is 10.5. The summed E-state index contributed by atoms with van der Waals surface area (Å²) >= 11 is 0. The molecule has 2 aromatic carbocycles. The Morgan fingerprint density at radius 3 is 2.42 bits per heavy atom. The molecule has 2 heterocycles. The molecule has 0 spiro atoms. The third-order valence-electron chi connectivity index (χ3n) is 5.03. The van der Waals surface area contributed by atoms with Gasteiger partial charge < -0.3 is 20.4 Å². The molecule has 33 heavy (non-hydrogen) atoms. The highest BCUT2D eigenvalue weighted by atomic mass is 16.3.